The predicted molar refractivity (Wildman–Crippen MR) is 101 cm³/mol. The topological polar surface area (TPSA) is 116 Å². The van der Waals surface area contributed by atoms with Crippen molar-refractivity contribution in [3.8, 4) is 0 Å². The second-order valence-electron chi connectivity index (χ2n) is 6.21. The van der Waals surface area contributed by atoms with E-state index in [2.05, 4.69) is 5.32 Å². The molecule has 0 radical (unpaired) electrons. The molecule has 0 spiro atoms. The highest BCUT2D eigenvalue weighted by molar-refractivity contribution is 7.89. The lowest BCUT2D eigenvalue weighted by atomic mass is 9.98. The van der Waals surface area contributed by atoms with Gasteiger partial charge in [0.2, 0.25) is 10.0 Å². The number of benzene rings is 2. The van der Waals surface area contributed by atoms with E-state index in [1.165, 1.54) is 31.2 Å². The van der Waals surface area contributed by atoms with Gasteiger partial charge in [-0.15, -0.1) is 0 Å². The Morgan fingerprint density at radius 3 is 2.19 bits per heavy atom. The normalized spacial score (nSPS) is 13.4. The number of sulfonamides is 1. The van der Waals surface area contributed by atoms with Crippen LogP contribution < -0.4 is 10.5 Å². The molecule has 0 saturated carbocycles. The number of carbonyl (C=O) groups excluding carboxylic acids is 2. The molecule has 0 aliphatic heterocycles. The second kappa shape index (κ2) is 8.79. The summed E-state index contributed by atoms with van der Waals surface area (Å²) in [5.74, 6) is -1.02. The van der Waals surface area contributed by atoms with E-state index in [-0.39, 0.29) is 17.2 Å². The minimum atomic E-state index is -3.80. The molecular formula is C19H22N2O5S. The maximum absolute atomic E-state index is 12.2. The molecule has 2 atom stereocenters. The van der Waals surface area contributed by atoms with Gasteiger partial charge in [0.05, 0.1) is 11.3 Å². The van der Waals surface area contributed by atoms with Crippen LogP contribution in [0.1, 0.15) is 31.7 Å². The van der Waals surface area contributed by atoms with Crippen LogP contribution in [0.4, 0.5) is 5.69 Å². The van der Waals surface area contributed by atoms with Crippen molar-refractivity contribution < 1.29 is 22.7 Å². The molecule has 1 amide bonds. The molecular weight excluding hydrogens is 368 g/mol. The van der Waals surface area contributed by atoms with Gasteiger partial charge in [0.25, 0.3) is 5.91 Å². The number of anilines is 1. The molecule has 0 fully saturated rings. The van der Waals surface area contributed by atoms with E-state index in [4.69, 9.17) is 9.88 Å². The van der Waals surface area contributed by atoms with Crippen molar-refractivity contribution in [2.24, 2.45) is 5.14 Å². The number of amides is 1. The van der Waals surface area contributed by atoms with E-state index in [9.17, 15) is 18.0 Å². The monoisotopic (exact) mass is 390 g/mol. The summed E-state index contributed by atoms with van der Waals surface area (Å²) in [6, 6.07) is 14.9. The smallest absolute Gasteiger partial charge is 0.307 e. The largest absolute Gasteiger partial charge is 0.453 e. The van der Waals surface area contributed by atoms with Crippen LogP contribution in [-0.2, 0) is 24.3 Å². The molecule has 27 heavy (non-hydrogen) atoms. The van der Waals surface area contributed by atoms with Gasteiger partial charge >= 0.3 is 5.97 Å². The molecule has 8 heteroatoms. The number of esters is 1. The van der Waals surface area contributed by atoms with Gasteiger partial charge in [-0.1, -0.05) is 37.3 Å². The van der Waals surface area contributed by atoms with Crippen LogP contribution >= 0.6 is 0 Å². The molecule has 0 aliphatic rings. The summed E-state index contributed by atoms with van der Waals surface area (Å²) in [6.07, 6.45) is -0.830. The summed E-state index contributed by atoms with van der Waals surface area (Å²) in [6.45, 7) is 3.38. The molecule has 144 valence electrons. The molecule has 0 aliphatic carbocycles. The molecule has 2 rings (SSSR count). The van der Waals surface area contributed by atoms with Gasteiger partial charge < -0.3 is 10.1 Å². The molecule has 2 aromatic carbocycles. The van der Waals surface area contributed by atoms with Crippen LogP contribution in [0.2, 0.25) is 0 Å². The van der Waals surface area contributed by atoms with E-state index in [1.807, 2.05) is 37.3 Å². The van der Waals surface area contributed by atoms with Crippen LogP contribution in [0.25, 0.3) is 0 Å². The van der Waals surface area contributed by atoms with Gasteiger partial charge in [-0.25, -0.2) is 13.6 Å². The van der Waals surface area contributed by atoms with Crippen LogP contribution in [0.5, 0.6) is 0 Å². The number of ether oxygens (including phenoxy) is 1. The van der Waals surface area contributed by atoms with Crippen molar-refractivity contribution in [2.45, 2.75) is 37.2 Å². The van der Waals surface area contributed by atoms with E-state index >= 15 is 0 Å². The fourth-order valence-corrected chi connectivity index (χ4v) is 2.94. The summed E-state index contributed by atoms with van der Waals surface area (Å²) >= 11 is 0. The Morgan fingerprint density at radius 1 is 1.04 bits per heavy atom. The Bertz CT molecular complexity index is 895. The summed E-state index contributed by atoms with van der Waals surface area (Å²) in [4.78, 5) is 24.2. The molecule has 2 aromatic rings. The Morgan fingerprint density at radius 2 is 1.63 bits per heavy atom. The van der Waals surface area contributed by atoms with Crippen molar-refractivity contribution >= 4 is 27.6 Å². The van der Waals surface area contributed by atoms with Crippen molar-refractivity contribution in [3.05, 3.63) is 60.2 Å². The van der Waals surface area contributed by atoms with Crippen molar-refractivity contribution in [2.75, 3.05) is 5.32 Å². The van der Waals surface area contributed by atoms with E-state index < -0.39 is 28.0 Å². The third-order valence-electron chi connectivity index (χ3n) is 3.97. The van der Waals surface area contributed by atoms with Crippen molar-refractivity contribution in [1.29, 1.82) is 0 Å². The van der Waals surface area contributed by atoms with Gasteiger partial charge in [-0.05, 0) is 42.7 Å². The zero-order valence-corrected chi connectivity index (χ0v) is 15.9. The van der Waals surface area contributed by atoms with Gasteiger partial charge in [0.1, 0.15) is 0 Å². The third kappa shape index (κ3) is 6.19. The first kappa shape index (κ1) is 20.6. The average Bonchev–Trinajstić information content (AvgIpc) is 2.62. The standard InChI is InChI=1S/C19H22N2O5S/c1-13(15-6-4-3-5-7-15)12-18(22)26-14(2)19(23)21-16-8-10-17(11-9-16)27(20,24)25/h3-11,13-14H,12H2,1-2H3,(H,21,23)(H2,20,24,25)/t13-,14-/m1/s1. The van der Waals surface area contributed by atoms with E-state index in [0.717, 1.165) is 5.56 Å². The summed E-state index contributed by atoms with van der Waals surface area (Å²) in [5.41, 5.74) is 1.38. The highest BCUT2D eigenvalue weighted by Gasteiger charge is 2.20. The lowest BCUT2D eigenvalue weighted by molar-refractivity contribution is -0.153. The fraction of sp³-hybridized carbons (Fsp3) is 0.263. The molecule has 0 heterocycles. The maximum atomic E-state index is 12.2. The van der Waals surface area contributed by atoms with E-state index in [0.29, 0.717) is 5.69 Å². The number of hydrogen-bond donors (Lipinski definition) is 2. The molecule has 3 N–H and O–H groups in total. The van der Waals surface area contributed by atoms with Gasteiger partial charge in [0.15, 0.2) is 6.10 Å². The first-order valence-electron chi connectivity index (χ1n) is 8.35. The second-order valence-corrected chi connectivity index (χ2v) is 7.77. The maximum Gasteiger partial charge on any atom is 0.307 e. The fourth-order valence-electron chi connectivity index (χ4n) is 2.42. The molecule has 7 nitrogen and oxygen atoms in total. The molecule has 0 unspecified atom stereocenters. The minimum Gasteiger partial charge on any atom is -0.453 e. The number of rotatable bonds is 7. The lowest BCUT2D eigenvalue weighted by Crippen LogP contribution is -2.30. The predicted octanol–water partition coefficient (Wildman–Crippen LogP) is 2.40. The SMILES string of the molecule is C[C@H](CC(=O)O[C@H](C)C(=O)Nc1ccc(S(N)(=O)=O)cc1)c1ccccc1. The van der Waals surface area contributed by atoms with Crippen LogP contribution in [0, 0.1) is 0 Å². The quantitative estimate of drug-likeness (QED) is 0.704. The first-order valence-corrected chi connectivity index (χ1v) is 9.89. The average molecular weight is 390 g/mol. The molecule has 0 saturated heterocycles. The van der Waals surface area contributed by atoms with Crippen LogP contribution in [-0.4, -0.2) is 26.4 Å². The lowest BCUT2D eigenvalue weighted by Gasteiger charge is -2.16. The third-order valence-corrected chi connectivity index (χ3v) is 4.90. The van der Waals surface area contributed by atoms with Crippen LogP contribution in [0.15, 0.2) is 59.5 Å². The Hall–Kier alpha value is -2.71. The van der Waals surface area contributed by atoms with Gasteiger partial charge in [-0.2, -0.15) is 0 Å². The summed E-state index contributed by atoms with van der Waals surface area (Å²) in [7, 11) is -3.80. The van der Waals surface area contributed by atoms with Crippen molar-refractivity contribution in [3.63, 3.8) is 0 Å². The number of hydrogen-bond acceptors (Lipinski definition) is 5. The number of nitrogens with two attached hydrogens (primary N) is 1. The van der Waals surface area contributed by atoms with E-state index in [1.54, 1.807) is 0 Å². The van der Waals surface area contributed by atoms with Gasteiger partial charge in [0, 0.05) is 5.69 Å². The number of carbonyl (C=O) groups is 2. The molecule has 0 bridgehead atoms. The number of primary sulfonamides is 1. The molecule has 0 aromatic heterocycles. The zero-order valence-electron chi connectivity index (χ0n) is 15.1. The van der Waals surface area contributed by atoms with Crippen LogP contribution in [0.3, 0.4) is 0 Å². The van der Waals surface area contributed by atoms with Crippen molar-refractivity contribution in [1.82, 2.24) is 0 Å². The first-order chi connectivity index (χ1) is 12.7. The Labute approximate surface area is 158 Å². The van der Waals surface area contributed by atoms with Gasteiger partial charge in [-0.3, -0.25) is 9.59 Å². The summed E-state index contributed by atoms with van der Waals surface area (Å²) in [5, 5.41) is 7.58. The number of nitrogens with one attached hydrogen (secondary N) is 1. The zero-order chi connectivity index (χ0) is 20.0. The highest BCUT2D eigenvalue weighted by Crippen LogP contribution is 2.19. The Kier molecular flexibility index (Phi) is 6.70. The Balaban J connectivity index is 1.88. The summed E-state index contributed by atoms with van der Waals surface area (Å²) < 4.78 is 27.6. The minimum absolute atomic E-state index is 0.0280. The highest BCUT2D eigenvalue weighted by atomic mass is 32.2.